The summed E-state index contributed by atoms with van der Waals surface area (Å²) in [5.41, 5.74) is 0. The molecule has 0 fully saturated rings. The SMILES string of the molecule is CC(=O)OCC[P+](c1ccccc1)(c1ccccc1)c1ccccc1.[Br-]. The molecule has 3 aromatic rings. The molecule has 0 atom stereocenters. The minimum Gasteiger partial charge on any atom is -1.00 e. The molecule has 0 N–H and O–H groups in total. The van der Waals surface area contributed by atoms with Crippen molar-refractivity contribution in [2.45, 2.75) is 6.92 Å². The largest absolute Gasteiger partial charge is 1.00 e. The number of carbonyl (C=O) groups is 1. The summed E-state index contributed by atoms with van der Waals surface area (Å²) < 4.78 is 5.35. The maximum Gasteiger partial charge on any atom is 0.302 e. The molecule has 3 aromatic carbocycles. The minimum absolute atomic E-state index is 0. The van der Waals surface area contributed by atoms with E-state index in [-0.39, 0.29) is 23.0 Å². The number of rotatable bonds is 6. The lowest BCUT2D eigenvalue weighted by atomic mass is 10.4. The van der Waals surface area contributed by atoms with Crippen LogP contribution >= 0.6 is 7.26 Å². The summed E-state index contributed by atoms with van der Waals surface area (Å²) in [5, 5.41) is 3.92. The highest BCUT2D eigenvalue weighted by Crippen LogP contribution is 2.54. The lowest BCUT2D eigenvalue weighted by Gasteiger charge is -2.27. The van der Waals surface area contributed by atoms with Crippen molar-refractivity contribution in [1.82, 2.24) is 0 Å². The Morgan fingerprint density at radius 2 is 1.08 bits per heavy atom. The summed E-state index contributed by atoms with van der Waals surface area (Å²) in [6, 6.07) is 31.8. The summed E-state index contributed by atoms with van der Waals surface area (Å²) in [7, 11) is -1.89. The van der Waals surface area contributed by atoms with Crippen molar-refractivity contribution >= 4 is 29.1 Å². The van der Waals surface area contributed by atoms with Crippen LogP contribution in [0.5, 0.6) is 0 Å². The predicted octanol–water partition coefficient (Wildman–Crippen LogP) is 0.548. The molecule has 0 heterocycles. The molecule has 0 unspecified atom stereocenters. The Hall–Kier alpha value is -1.96. The Labute approximate surface area is 166 Å². The lowest BCUT2D eigenvalue weighted by Crippen LogP contribution is -3.00. The molecule has 3 rings (SSSR count). The smallest absolute Gasteiger partial charge is 0.302 e. The second-order valence-electron chi connectivity index (χ2n) is 5.88. The van der Waals surface area contributed by atoms with Gasteiger partial charge in [0.25, 0.3) is 0 Å². The van der Waals surface area contributed by atoms with Gasteiger partial charge in [-0.15, -0.1) is 0 Å². The number of ether oxygens (including phenoxy) is 1. The van der Waals surface area contributed by atoms with Gasteiger partial charge in [0, 0.05) is 6.92 Å². The molecular weight excluding hydrogens is 407 g/mol. The quantitative estimate of drug-likeness (QED) is 0.423. The third-order valence-electron chi connectivity index (χ3n) is 4.32. The van der Waals surface area contributed by atoms with Crippen LogP contribution in [0.2, 0.25) is 0 Å². The molecule has 0 aliphatic carbocycles. The normalized spacial score (nSPS) is 10.7. The van der Waals surface area contributed by atoms with Gasteiger partial charge < -0.3 is 21.7 Å². The minimum atomic E-state index is -1.89. The molecule has 0 amide bonds. The lowest BCUT2D eigenvalue weighted by molar-refractivity contribution is -0.140. The van der Waals surface area contributed by atoms with Crippen molar-refractivity contribution in [1.29, 1.82) is 0 Å². The zero-order valence-electron chi connectivity index (χ0n) is 14.7. The van der Waals surface area contributed by atoms with Gasteiger partial charge in [0.2, 0.25) is 0 Å². The highest BCUT2D eigenvalue weighted by molar-refractivity contribution is 7.95. The van der Waals surface area contributed by atoms with Gasteiger partial charge in [-0.1, -0.05) is 54.6 Å². The van der Waals surface area contributed by atoms with E-state index in [2.05, 4.69) is 72.8 Å². The second kappa shape index (κ2) is 9.66. The number of esters is 1. The molecule has 0 saturated heterocycles. The highest BCUT2D eigenvalue weighted by Gasteiger charge is 2.45. The van der Waals surface area contributed by atoms with Crippen LogP contribution in [-0.2, 0) is 9.53 Å². The Kier molecular flexibility index (Phi) is 7.56. The molecule has 0 spiro atoms. The fraction of sp³-hybridized carbons (Fsp3) is 0.136. The standard InChI is InChI=1S/C22H22O2P.BrH/c1-19(23)24-17-18-25(20-11-5-2-6-12-20,21-13-7-3-8-14-21)22-15-9-4-10-16-22;/h2-16H,17-18H2,1H3;1H/q+1;/p-1. The van der Waals surface area contributed by atoms with E-state index in [9.17, 15) is 4.79 Å². The summed E-state index contributed by atoms with van der Waals surface area (Å²) in [6.45, 7) is 1.88. The van der Waals surface area contributed by atoms with Crippen LogP contribution in [0, 0.1) is 0 Å². The molecule has 0 aliphatic rings. The predicted molar refractivity (Wildman–Crippen MR) is 107 cm³/mol. The average molecular weight is 429 g/mol. The van der Waals surface area contributed by atoms with E-state index in [1.807, 2.05) is 18.2 Å². The third-order valence-corrected chi connectivity index (χ3v) is 8.72. The molecule has 0 aromatic heterocycles. The van der Waals surface area contributed by atoms with Crippen LogP contribution in [-0.4, -0.2) is 18.7 Å². The van der Waals surface area contributed by atoms with E-state index >= 15 is 0 Å². The van der Waals surface area contributed by atoms with Gasteiger partial charge in [0.05, 0.1) is 0 Å². The number of benzene rings is 3. The van der Waals surface area contributed by atoms with Crippen LogP contribution in [0.4, 0.5) is 0 Å². The van der Waals surface area contributed by atoms with Crippen molar-refractivity contribution in [2.24, 2.45) is 0 Å². The number of hydrogen-bond acceptors (Lipinski definition) is 2. The van der Waals surface area contributed by atoms with E-state index in [1.54, 1.807) is 0 Å². The summed E-state index contributed by atoms with van der Waals surface area (Å²) in [4.78, 5) is 11.3. The average Bonchev–Trinajstić information content (AvgIpc) is 2.67. The zero-order chi connectivity index (χ0) is 17.5. The van der Waals surface area contributed by atoms with Gasteiger partial charge in [0.1, 0.15) is 35.9 Å². The van der Waals surface area contributed by atoms with Crippen molar-refractivity contribution in [3.63, 3.8) is 0 Å². The van der Waals surface area contributed by atoms with Crippen molar-refractivity contribution < 1.29 is 26.5 Å². The Balaban J connectivity index is 0.00000243. The fourth-order valence-corrected chi connectivity index (χ4v) is 7.29. The monoisotopic (exact) mass is 428 g/mol. The molecule has 0 radical (unpaired) electrons. The number of halogens is 1. The van der Waals surface area contributed by atoms with Gasteiger partial charge in [-0.05, 0) is 36.4 Å². The zero-order valence-corrected chi connectivity index (χ0v) is 17.2. The molecule has 0 saturated carbocycles. The van der Waals surface area contributed by atoms with Crippen LogP contribution < -0.4 is 32.9 Å². The first-order chi connectivity index (χ1) is 12.2. The van der Waals surface area contributed by atoms with Gasteiger partial charge in [-0.25, -0.2) is 0 Å². The van der Waals surface area contributed by atoms with E-state index < -0.39 is 7.26 Å². The van der Waals surface area contributed by atoms with E-state index in [0.29, 0.717) is 6.61 Å². The molecule has 2 nitrogen and oxygen atoms in total. The first-order valence-electron chi connectivity index (χ1n) is 8.42. The van der Waals surface area contributed by atoms with Crippen molar-refractivity contribution in [2.75, 3.05) is 12.8 Å². The third kappa shape index (κ3) is 4.41. The Bertz CT molecular complexity index is 711. The molecule has 0 bridgehead atoms. The summed E-state index contributed by atoms with van der Waals surface area (Å²) in [5.74, 6) is -0.229. The van der Waals surface area contributed by atoms with E-state index in [4.69, 9.17) is 4.74 Å². The van der Waals surface area contributed by atoms with Crippen molar-refractivity contribution in [3.8, 4) is 0 Å². The molecular formula is C22H22BrO2P. The fourth-order valence-electron chi connectivity index (χ4n) is 3.21. The first kappa shape index (κ1) is 20.4. The van der Waals surface area contributed by atoms with Crippen LogP contribution in [0.3, 0.4) is 0 Å². The second-order valence-corrected chi connectivity index (χ2v) is 9.50. The Morgan fingerprint density at radius 1 is 0.731 bits per heavy atom. The number of hydrogen-bond donors (Lipinski definition) is 0. The van der Waals surface area contributed by atoms with Crippen LogP contribution in [0.15, 0.2) is 91.0 Å². The molecule has 134 valence electrons. The maximum atomic E-state index is 11.3. The Morgan fingerprint density at radius 3 is 1.38 bits per heavy atom. The van der Waals surface area contributed by atoms with Gasteiger partial charge in [-0.2, -0.15) is 0 Å². The molecule has 26 heavy (non-hydrogen) atoms. The van der Waals surface area contributed by atoms with Crippen LogP contribution in [0.1, 0.15) is 6.92 Å². The topological polar surface area (TPSA) is 26.3 Å². The summed E-state index contributed by atoms with van der Waals surface area (Å²) >= 11 is 0. The van der Waals surface area contributed by atoms with E-state index in [0.717, 1.165) is 6.16 Å². The van der Waals surface area contributed by atoms with E-state index in [1.165, 1.54) is 22.8 Å². The number of carbonyl (C=O) groups excluding carboxylic acids is 1. The van der Waals surface area contributed by atoms with Crippen molar-refractivity contribution in [3.05, 3.63) is 91.0 Å². The highest BCUT2D eigenvalue weighted by atomic mass is 79.9. The first-order valence-corrected chi connectivity index (χ1v) is 10.4. The van der Waals surface area contributed by atoms with Gasteiger partial charge in [0.15, 0.2) is 0 Å². The summed E-state index contributed by atoms with van der Waals surface area (Å²) in [6.07, 6.45) is 0.796. The molecule has 4 heteroatoms. The maximum absolute atomic E-state index is 11.3. The van der Waals surface area contributed by atoms with Crippen LogP contribution in [0.25, 0.3) is 0 Å². The van der Waals surface area contributed by atoms with Gasteiger partial charge >= 0.3 is 5.97 Å². The van der Waals surface area contributed by atoms with Gasteiger partial charge in [-0.3, -0.25) is 4.79 Å². The molecule has 0 aliphatic heterocycles.